The summed E-state index contributed by atoms with van der Waals surface area (Å²) in [5, 5.41) is 0. The molecule has 0 fully saturated rings. The van der Waals surface area contributed by atoms with Gasteiger partial charge in [-0.15, -0.1) is 0 Å². The van der Waals surface area contributed by atoms with Crippen LogP contribution in [0.1, 0.15) is 51.9 Å². The summed E-state index contributed by atoms with van der Waals surface area (Å²) in [7, 11) is 0. The van der Waals surface area contributed by atoms with E-state index in [0.29, 0.717) is 0 Å². The lowest BCUT2D eigenvalue weighted by Gasteiger charge is -2.22. The molecule has 0 saturated heterocycles. The second kappa shape index (κ2) is 8.58. The van der Waals surface area contributed by atoms with E-state index in [1.54, 1.807) is 12.3 Å². The summed E-state index contributed by atoms with van der Waals surface area (Å²) in [5.41, 5.74) is 8.93. The number of aromatic nitrogens is 1. The molecule has 0 spiro atoms. The fourth-order valence-corrected chi connectivity index (χ4v) is 4.01. The van der Waals surface area contributed by atoms with Gasteiger partial charge in [-0.05, 0) is 85.4 Å². The van der Waals surface area contributed by atoms with Crippen LogP contribution in [-0.4, -0.2) is 17.0 Å². The van der Waals surface area contributed by atoms with E-state index in [2.05, 4.69) is 60.2 Å². The molecule has 1 atom stereocenters. The number of pyridine rings is 1. The average Bonchev–Trinajstić information content (AvgIpc) is 2.74. The quantitative estimate of drug-likeness (QED) is 0.503. The minimum absolute atomic E-state index is 0.159. The third kappa shape index (κ3) is 4.30. The fourth-order valence-electron chi connectivity index (χ4n) is 4.01. The zero-order valence-corrected chi connectivity index (χ0v) is 17.7. The van der Waals surface area contributed by atoms with Gasteiger partial charge in [-0.2, -0.15) is 0 Å². The van der Waals surface area contributed by atoms with Crippen molar-refractivity contribution in [2.45, 2.75) is 39.5 Å². The predicted octanol–water partition coefficient (Wildman–Crippen LogP) is 5.93. The van der Waals surface area contributed by atoms with Gasteiger partial charge in [-0.3, -0.25) is 14.8 Å². The normalized spacial score (nSPS) is 15.6. The molecule has 0 amide bonds. The molecule has 0 N–H and O–H groups in total. The molecule has 0 bridgehead atoms. The van der Waals surface area contributed by atoms with Gasteiger partial charge in [0.15, 0.2) is 5.78 Å². The Balaban J connectivity index is 1.63. The van der Waals surface area contributed by atoms with Crippen LogP contribution in [-0.2, 0) is 17.6 Å². The number of carbonyl (C=O) groups is 1. The second-order valence-electron chi connectivity index (χ2n) is 7.96. The number of carbonyl (C=O) groups excluding carboxylic acids is 1. The molecule has 4 rings (SSSR count). The van der Waals surface area contributed by atoms with Gasteiger partial charge in [0.1, 0.15) is 0 Å². The molecule has 1 unspecified atom stereocenters. The highest BCUT2D eigenvalue weighted by atomic mass is 16.1. The van der Waals surface area contributed by atoms with Gasteiger partial charge in [-0.25, -0.2) is 0 Å². The van der Waals surface area contributed by atoms with Crippen molar-refractivity contribution in [1.82, 2.24) is 4.98 Å². The van der Waals surface area contributed by atoms with E-state index < -0.39 is 0 Å². The highest BCUT2D eigenvalue weighted by Gasteiger charge is 2.26. The molecule has 1 aliphatic rings. The van der Waals surface area contributed by atoms with E-state index in [1.807, 2.05) is 31.3 Å². The molecule has 3 aromatic rings. The Labute approximate surface area is 178 Å². The third-order valence-corrected chi connectivity index (χ3v) is 5.70. The van der Waals surface area contributed by atoms with Gasteiger partial charge in [0.05, 0.1) is 11.6 Å². The zero-order valence-electron chi connectivity index (χ0n) is 17.7. The molecule has 150 valence electrons. The maximum absolute atomic E-state index is 12.8. The summed E-state index contributed by atoms with van der Waals surface area (Å²) in [6, 6.07) is 16.8. The van der Waals surface area contributed by atoms with Crippen molar-refractivity contribution >= 4 is 23.8 Å². The minimum Gasteiger partial charge on any atom is -0.294 e. The molecule has 0 saturated carbocycles. The van der Waals surface area contributed by atoms with Gasteiger partial charge in [-0.1, -0.05) is 35.9 Å². The first-order valence-corrected chi connectivity index (χ1v) is 10.4. The summed E-state index contributed by atoms with van der Waals surface area (Å²) in [5.74, 6) is 0.0100. The van der Waals surface area contributed by atoms with Crippen LogP contribution < -0.4 is 0 Å². The van der Waals surface area contributed by atoms with Crippen molar-refractivity contribution in [2.75, 3.05) is 0 Å². The van der Waals surface area contributed by atoms with Crippen LogP contribution >= 0.6 is 0 Å². The Morgan fingerprint density at radius 1 is 1.03 bits per heavy atom. The molecule has 1 aliphatic carbocycles. The first kappa shape index (κ1) is 20.0. The monoisotopic (exact) mass is 394 g/mol. The third-order valence-electron chi connectivity index (χ3n) is 5.70. The van der Waals surface area contributed by atoms with Crippen LogP contribution in [0.4, 0.5) is 5.69 Å². The first-order valence-electron chi connectivity index (χ1n) is 10.4. The van der Waals surface area contributed by atoms with Gasteiger partial charge in [0.2, 0.25) is 0 Å². The fraction of sp³-hybridized carbons (Fsp3) is 0.222. The van der Waals surface area contributed by atoms with Crippen LogP contribution in [0.25, 0.3) is 6.08 Å². The molecule has 1 heterocycles. The summed E-state index contributed by atoms with van der Waals surface area (Å²) in [6.07, 6.45) is 8.74. The number of hydrogen-bond acceptors (Lipinski definition) is 3. The lowest BCUT2D eigenvalue weighted by molar-refractivity contribution is -0.116. The topological polar surface area (TPSA) is 42.3 Å². The minimum atomic E-state index is -0.159. The Kier molecular flexibility index (Phi) is 5.71. The predicted molar refractivity (Wildman–Crippen MR) is 124 cm³/mol. The van der Waals surface area contributed by atoms with Gasteiger partial charge in [0.25, 0.3) is 0 Å². The molecule has 30 heavy (non-hydrogen) atoms. The number of benzene rings is 2. The number of fused-ring (bicyclic) bond motifs is 1. The standard InChI is InChI=1S/C27H26N2O/c1-4-28-23-10-7-20(8-11-23)14-24-16-25-21(17-29-24)9-12-27(30)26(25)15-22-13-18(2)5-6-19(22)3/h4-13,16-17,26H,14-15H2,1-3H3. The van der Waals surface area contributed by atoms with Crippen LogP contribution in [0.15, 0.2) is 65.8 Å². The molecule has 3 heteroatoms. The van der Waals surface area contributed by atoms with E-state index in [0.717, 1.165) is 35.3 Å². The van der Waals surface area contributed by atoms with E-state index in [-0.39, 0.29) is 11.7 Å². The lowest BCUT2D eigenvalue weighted by atomic mass is 9.81. The number of ketones is 1. The van der Waals surface area contributed by atoms with Crippen molar-refractivity contribution in [2.24, 2.45) is 4.99 Å². The highest BCUT2D eigenvalue weighted by molar-refractivity contribution is 6.02. The number of allylic oxidation sites excluding steroid dienone is 1. The van der Waals surface area contributed by atoms with E-state index in [9.17, 15) is 4.79 Å². The zero-order chi connectivity index (χ0) is 21.1. The van der Waals surface area contributed by atoms with Crippen molar-refractivity contribution in [3.8, 4) is 0 Å². The molecule has 3 nitrogen and oxygen atoms in total. The number of rotatable bonds is 5. The lowest BCUT2D eigenvalue weighted by Crippen LogP contribution is -2.18. The number of nitrogens with zero attached hydrogens (tertiary/aromatic N) is 2. The Morgan fingerprint density at radius 2 is 1.83 bits per heavy atom. The van der Waals surface area contributed by atoms with E-state index >= 15 is 0 Å². The van der Waals surface area contributed by atoms with Crippen LogP contribution in [0.2, 0.25) is 0 Å². The van der Waals surface area contributed by atoms with Gasteiger partial charge in [0, 0.05) is 24.5 Å². The largest absolute Gasteiger partial charge is 0.294 e. The Bertz CT molecular complexity index is 1140. The van der Waals surface area contributed by atoms with Crippen molar-refractivity contribution in [1.29, 1.82) is 0 Å². The number of hydrogen-bond donors (Lipinski definition) is 0. The van der Waals surface area contributed by atoms with Crippen LogP contribution in [0.5, 0.6) is 0 Å². The molecular weight excluding hydrogens is 368 g/mol. The maximum atomic E-state index is 12.8. The maximum Gasteiger partial charge on any atom is 0.163 e. The molecular formula is C27H26N2O. The molecule has 2 aromatic carbocycles. The van der Waals surface area contributed by atoms with Crippen molar-refractivity contribution in [3.63, 3.8) is 0 Å². The smallest absolute Gasteiger partial charge is 0.163 e. The summed E-state index contributed by atoms with van der Waals surface area (Å²) >= 11 is 0. The van der Waals surface area contributed by atoms with E-state index in [4.69, 9.17) is 0 Å². The second-order valence-corrected chi connectivity index (χ2v) is 7.96. The molecule has 1 aromatic heterocycles. The average molecular weight is 395 g/mol. The summed E-state index contributed by atoms with van der Waals surface area (Å²) < 4.78 is 0. The van der Waals surface area contributed by atoms with Crippen molar-refractivity contribution < 1.29 is 4.79 Å². The van der Waals surface area contributed by atoms with Gasteiger partial charge >= 0.3 is 0 Å². The van der Waals surface area contributed by atoms with Crippen LogP contribution in [0.3, 0.4) is 0 Å². The SMILES string of the molecule is CC=Nc1ccc(Cc2cc3c(cn2)C=CC(=O)C3Cc2cc(C)ccc2C)cc1. The number of aliphatic imine (C=N–C) groups is 1. The van der Waals surface area contributed by atoms with Crippen LogP contribution in [0, 0.1) is 13.8 Å². The number of aryl methyl sites for hydroxylation is 2. The highest BCUT2D eigenvalue weighted by Crippen LogP contribution is 2.32. The molecule has 0 aliphatic heterocycles. The summed E-state index contributed by atoms with van der Waals surface area (Å²) in [6.45, 7) is 6.12. The van der Waals surface area contributed by atoms with E-state index in [1.165, 1.54) is 22.3 Å². The van der Waals surface area contributed by atoms with Crippen molar-refractivity contribution in [3.05, 3.63) is 99.9 Å². The first-order chi connectivity index (χ1) is 14.5. The Hall–Kier alpha value is -3.33. The summed E-state index contributed by atoms with van der Waals surface area (Å²) in [4.78, 5) is 21.8. The Morgan fingerprint density at radius 3 is 2.60 bits per heavy atom. The van der Waals surface area contributed by atoms with Gasteiger partial charge < -0.3 is 0 Å². The molecule has 0 radical (unpaired) electrons.